The van der Waals surface area contributed by atoms with Crippen molar-refractivity contribution in [3.63, 3.8) is 0 Å². The van der Waals surface area contributed by atoms with Crippen LogP contribution in [0.3, 0.4) is 0 Å². The Kier molecular flexibility index (Phi) is 6.68. The molecule has 2 aliphatic rings. The van der Waals surface area contributed by atoms with E-state index in [1.54, 1.807) is 39.5 Å². The van der Waals surface area contributed by atoms with E-state index in [0.717, 1.165) is 11.1 Å². The van der Waals surface area contributed by atoms with Crippen molar-refractivity contribution in [2.75, 3.05) is 27.9 Å². The number of rotatable bonds is 7. The van der Waals surface area contributed by atoms with E-state index in [2.05, 4.69) is 5.32 Å². The van der Waals surface area contributed by atoms with E-state index in [-0.39, 0.29) is 29.8 Å². The van der Waals surface area contributed by atoms with Crippen LogP contribution in [0.4, 0.5) is 0 Å². The van der Waals surface area contributed by atoms with E-state index in [1.807, 2.05) is 19.1 Å². The molecule has 8 nitrogen and oxygen atoms in total. The predicted molar refractivity (Wildman–Crippen MR) is 125 cm³/mol. The van der Waals surface area contributed by atoms with Crippen LogP contribution in [0.15, 0.2) is 41.6 Å². The first-order chi connectivity index (χ1) is 16.4. The zero-order chi connectivity index (χ0) is 24.4. The summed E-state index contributed by atoms with van der Waals surface area (Å²) in [6.07, 6.45) is 0.953. The molecule has 1 heterocycles. The first-order valence-electron chi connectivity index (χ1n) is 11.2. The number of ether oxygens (including phenoxy) is 4. The lowest BCUT2D eigenvalue weighted by Gasteiger charge is -2.34. The molecular weight excluding hydrogens is 438 g/mol. The van der Waals surface area contributed by atoms with Gasteiger partial charge in [-0.15, -0.1) is 0 Å². The minimum absolute atomic E-state index is 0.0176. The van der Waals surface area contributed by atoms with Crippen molar-refractivity contribution in [3.8, 4) is 28.7 Å². The highest BCUT2D eigenvalue weighted by Gasteiger charge is 2.39. The SMILES string of the molecule is CCOc1cc(C2CC(=O)NC3=C2C(=O)CC(c2cc(OC)c(OC)c(OC)c2)C3)ccc1O. The average Bonchev–Trinajstić information content (AvgIpc) is 2.83. The fourth-order valence-electron chi connectivity index (χ4n) is 4.84. The largest absolute Gasteiger partial charge is 0.504 e. The number of nitrogens with one attached hydrogen (secondary N) is 1. The molecule has 2 aromatic carbocycles. The van der Waals surface area contributed by atoms with Crippen LogP contribution in [0.1, 0.15) is 49.1 Å². The van der Waals surface area contributed by atoms with Crippen molar-refractivity contribution in [1.82, 2.24) is 5.32 Å². The molecule has 8 heteroatoms. The van der Waals surface area contributed by atoms with Crippen LogP contribution in [0, 0.1) is 0 Å². The molecule has 0 aromatic heterocycles. The molecule has 0 saturated heterocycles. The van der Waals surface area contributed by atoms with E-state index < -0.39 is 5.92 Å². The van der Waals surface area contributed by atoms with Crippen molar-refractivity contribution in [3.05, 3.63) is 52.7 Å². The van der Waals surface area contributed by atoms with Crippen molar-refractivity contribution >= 4 is 11.7 Å². The molecule has 2 unspecified atom stereocenters. The molecule has 0 spiro atoms. The van der Waals surface area contributed by atoms with Gasteiger partial charge in [0, 0.05) is 30.0 Å². The molecule has 1 aliphatic heterocycles. The number of carbonyl (C=O) groups is 2. The normalized spacial score (nSPS) is 19.9. The Bertz CT molecular complexity index is 1130. The molecule has 0 fully saturated rings. The van der Waals surface area contributed by atoms with Gasteiger partial charge >= 0.3 is 0 Å². The molecule has 180 valence electrons. The first-order valence-corrected chi connectivity index (χ1v) is 11.2. The molecule has 0 radical (unpaired) electrons. The minimum atomic E-state index is -0.392. The van der Waals surface area contributed by atoms with Crippen molar-refractivity contribution in [1.29, 1.82) is 0 Å². The molecule has 4 rings (SSSR count). The summed E-state index contributed by atoms with van der Waals surface area (Å²) in [4.78, 5) is 26.1. The Morgan fingerprint density at radius 1 is 0.912 bits per heavy atom. The topological polar surface area (TPSA) is 103 Å². The Labute approximate surface area is 198 Å². The van der Waals surface area contributed by atoms with Gasteiger partial charge in [0.25, 0.3) is 0 Å². The maximum absolute atomic E-state index is 13.4. The number of ketones is 1. The van der Waals surface area contributed by atoms with Crippen molar-refractivity contribution in [2.45, 2.75) is 38.0 Å². The van der Waals surface area contributed by atoms with Crippen LogP contribution in [0.25, 0.3) is 0 Å². The van der Waals surface area contributed by atoms with E-state index in [0.29, 0.717) is 53.7 Å². The van der Waals surface area contributed by atoms with Gasteiger partial charge in [-0.3, -0.25) is 9.59 Å². The number of hydrogen-bond acceptors (Lipinski definition) is 7. The molecule has 2 atom stereocenters. The fraction of sp³-hybridized carbons (Fsp3) is 0.385. The highest BCUT2D eigenvalue weighted by atomic mass is 16.5. The van der Waals surface area contributed by atoms with Crippen LogP contribution in [-0.4, -0.2) is 44.7 Å². The van der Waals surface area contributed by atoms with Gasteiger partial charge in [-0.2, -0.15) is 0 Å². The molecule has 0 saturated carbocycles. The summed E-state index contributed by atoms with van der Waals surface area (Å²) in [6, 6.07) is 8.69. The summed E-state index contributed by atoms with van der Waals surface area (Å²) in [5, 5.41) is 13.0. The van der Waals surface area contributed by atoms with Crippen LogP contribution in [-0.2, 0) is 9.59 Å². The average molecular weight is 468 g/mol. The number of Topliss-reactive ketones (excluding diaryl/α,β-unsaturated/α-hetero) is 1. The summed E-state index contributed by atoms with van der Waals surface area (Å²) in [5.74, 6) is 1.17. The lowest BCUT2D eigenvalue weighted by Crippen LogP contribution is -2.38. The monoisotopic (exact) mass is 467 g/mol. The summed E-state index contributed by atoms with van der Waals surface area (Å²) in [5.41, 5.74) is 2.90. The number of phenolic OH excluding ortho intramolecular Hbond substituents is 1. The predicted octanol–water partition coefficient (Wildman–Crippen LogP) is 3.82. The molecule has 0 bridgehead atoms. The number of phenols is 1. The van der Waals surface area contributed by atoms with Crippen LogP contribution in [0.5, 0.6) is 28.7 Å². The highest BCUT2D eigenvalue weighted by molar-refractivity contribution is 6.02. The third-order valence-electron chi connectivity index (χ3n) is 6.38. The number of hydrogen-bond donors (Lipinski definition) is 2. The summed E-state index contributed by atoms with van der Waals surface area (Å²) < 4.78 is 21.9. The number of methoxy groups -OCH3 is 3. The number of amides is 1. The van der Waals surface area contributed by atoms with Gasteiger partial charge < -0.3 is 29.4 Å². The van der Waals surface area contributed by atoms with E-state index >= 15 is 0 Å². The Morgan fingerprint density at radius 2 is 1.59 bits per heavy atom. The zero-order valence-corrected chi connectivity index (χ0v) is 19.8. The second-order valence-corrected chi connectivity index (χ2v) is 8.34. The fourth-order valence-corrected chi connectivity index (χ4v) is 4.84. The molecule has 1 aliphatic carbocycles. The molecule has 34 heavy (non-hydrogen) atoms. The van der Waals surface area contributed by atoms with Gasteiger partial charge in [-0.25, -0.2) is 0 Å². The second kappa shape index (κ2) is 9.67. The van der Waals surface area contributed by atoms with Gasteiger partial charge in [-0.1, -0.05) is 6.07 Å². The maximum atomic E-state index is 13.4. The number of benzene rings is 2. The third-order valence-corrected chi connectivity index (χ3v) is 6.38. The molecular formula is C26H29NO7. The van der Waals surface area contributed by atoms with E-state index in [1.165, 1.54) is 0 Å². The Hall–Kier alpha value is -3.68. The number of aromatic hydroxyl groups is 1. The van der Waals surface area contributed by atoms with Gasteiger partial charge in [0.1, 0.15) is 0 Å². The van der Waals surface area contributed by atoms with Gasteiger partial charge in [0.15, 0.2) is 28.8 Å². The van der Waals surface area contributed by atoms with Crippen LogP contribution < -0.4 is 24.3 Å². The van der Waals surface area contributed by atoms with E-state index in [9.17, 15) is 14.7 Å². The smallest absolute Gasteiger partial charge is 0.225 e. The van der Waals surface area contributed by atoms with E-state index in [4.69, 9.17) is 18.9 Å². The lowest BCUT2D eigenvalue weighted by atomic mass is 9.73. The lowest BCUT2D eigenvalue weighted by molar-refractivity contribution is -0.122. The first kappa shape index (κ1) is 23.5. The van der Waals surface area contributed by atoms with Crippen LogP contribution in [0.2, 0.25) is 0 Å². The Morgan fingerprint density at radius 3 is 2.21 bits per heavy atom. The number of carbonyl (C=O) groups excluding carboxylic acids is 2. The van der Waals surface area contributed by atoms with Crippen LogP contribution >= 0.6 is 0 Å². The second-order valence-electron chi connectivity index (χ2n) is 8.34. The maximum Gasteiger partial charge on any atom is 0.225 e. The zero-order valence-electron chi connectivity index (χ0n) is 19.8. The number of allylic oxidation sites excluding steroid dienone is 2. The summed E-state index contributed by atoms with van der Waals surface area (Å²) >= 11 is 0. The third kappa shape index (κ3) is 4.27. The van der Waals surface area contributed by atoms with Gasteiger partial charge in [0.05, 0.1) is 27.9 Å². The standard InChI is InChI=1S/C26H29NO7/c1-5-34-21-10-14(6-7-19(21)28)17-13-24(30)27-18-8-15(9-20(29)25(17)18)16-11-22(31-2)26(33-4)23(12-16)32-3/h6-7,10-12,15,17,28H,5,8-9,13H2,1-4H3,(H,27,30). The quantitative estimate of drug-likeness (QED) is 0.638. The van der Waals surface area contributed by atoms with Gasteiger partial charge in [-0.05, 0) is 54.7 Å². The van der Waals surface area contributed by atoms with Crippen molar-refractivity contribution in [2.24, 2.45) is 0 Å². The molecule has 1 amide bonds. The molecule has 2 N–H and O–H groups in total. The van der Waals surface area contributed by atoms with Gasteiger partial charge in [0.2, 0.25) is 11.7 Å². The minimum Gasteiger partial charge on any atom is -0.504 e. The highest BCUT2D eigenvalue weighted by Crippen LogP contribution is 2.46. The molecule has 2 aromatic rings. The summed E-state index contributed by atoms with van der Waals surface area (Å²) in [7, 11) is 4.64. The van der Waals surface area contributed by atoms with Crippen molar-refractivity contribution < 1.29 is 33.6 Å². The summed E-state index contributed by atoms with van der Waals surface area (Å²) in [6.45, 7) is 2.22. The Balaban J connectivity index is 1.72.